The van der Waals surface area contributed by atoms with Gasteiger partial charge in [0.05, 0.1) is 18.0 Å². The molecule has 8 nitrogen and oxygen atoms in total. The van der Waals surface area contributed by atoms with Gasteiger partial charge in [-0.15, -0.1) is 0 Å². The highest BCUT2D eigenvalue weighted by atomic mass is 19.1. The Labute approximate surface area is 156 Å². The van der Waals surface area contributed by atoms with E-state index in [9.17, 15) is 29.2 Å². The summed E-state index contributed by atoms with van der Waals surface area (Å²) in [5, 5.41) is 49.3. The lowest BCUT2D eigenvalue weighted by atomic mass is 10.1. The largest absolute Gasteiger partial charge is 0.504 e. The van der Waals surface area contributed by atoms with E-state index in [1.54, 1.807) is 0 Å². The molecule has 1 aliphatic rings. The van der Waals surface area contributed by atoms with Crippen LogP contribution < -0.4 is 4.59 Å². The molecule has 0 saturated carbocycles. The fourth-order valence-electron chi connectivity index (χ4n) is 3.04. The molecule has 4 rings (SSSR count). The standard InChI is InChI=1S/C18H12F2N4O4/c19-11-7-15(27)14(26)6-9(11)10-8-21-23-18(10)24(5-1-4-22-24)12-2-3-13(25)17(28)16(12)20/h1-8H,(H4-,21,23,25,26,27,28)/p+1. The molecule has 3 aromatic rings. The molecule has 0 amide bonds. The summed E-state index contributed by atoms with van der Waals surface area (Å²) < 4.78 is 28.5. The van der Waals surface area contributed by atoms with E-state index in [2.05, 4.69) is 15.3 Å². The van der Waals surface area contributed by atoms with Crippen LogP contribution in [-0.4, -0.2) is 36.8 Å². The number of aromatic hydroxyl groups is 4. The molecule has 1 unspecified atom stereocenters. The van der Waals surface area contributed by atoms with Crippen LogP contribution in [0.25, 0.3) is 11.1 Å². The van der Waals surface area contributed by atoms with Crippen molar-refractivity contribution in [1.29, 1.82) is 0 Å². The van der Waals surface area contributed by atoms with Crippen LogP contribution in [0.3, 0.4) is 0 Å². The van der Waals surface area contributed by atoms with Crippen molar-refractivity contribution >= 4 is 17.7 Å². The van der Waals surface area contributed by atoms with E-state index < -0.39 is 39.2 Å². The van der Waals surface area contributed by atoms with Crippen LogP contribution in [0.2, 0.25) is 0 Å². The number of benzene rings is 2. The SMILES string of the molecule is Oc1cc(F)c(-c2cn[nH]c2[N+]2(c3ccc(O)c(O)c3F)C=CC=N2)cc1O. The molecule has 0 aliphatic carbocycles. The average molecular weight is 387 g/mol. The van der Waals surface area contributed by atoms with Gasteiger partial charge in [0.2, 0.25) is 11.5 Å². The number of aromatic amines is 1. The number of rotatable bonds is 3. The Hall–Kier alpha value is -3.92. The Bertz CT molecular complexity index is 1140. The maximum atomic E-state index is 14.8. The third kappa shape index (κ3) is 2.39. The third-order valence-electron chi connectivity index (χ3n) is 4.39. The molecule has 2 heterocycles. The van der Waals surface area contributed by atoms with Gasteiger partial charge in [0.25, 0.3) is 5.82 Å². The second-order valence-corrected chi connectivity index (χ2v) is 6.01. The topological polar surface area (TPSA) is 122 Å². The lowest BCUT2D eigenvalue weighted by Gasteiger charge is -2.25. The van der Waals surface area contributed by atoms with Crippen LogP contribution in [0.15, 0.2) is 47.8 Å². The Morgan fingerprint density at radius 1 is 0.929 bits per heavy atom. The van der Waals surface area contributed by atoms with Crippen molar-refractivity contribution in [3.63, 3.8) is 0 Å². The van der Waals surface area contributed by atoms with Gasteiger partial charge < -0.3 is 20.4 Å². The van der Waals surface area contributed by atoms with Crippen molar-refractivity contribution in [2.75, 3.05) is 0 Å². The van der Waals surface area contributed by atoms with Crippen LogP contribution in [0.4, 0.5) is 20.3 Å². The number of hydrogen-bond donors (Lipinski definition) is 5. The minimum absolute atomic E-state index is 0.0954. The van der Waals surface area contributed by atoms with Gasteiger partial charge in [-0.25, -0.2) is 9.49 Å². The van der Waals surface area contributed by atoms with Gasteiger partial charge in [0, 0.05) is 23.8 Å². The first-order valence-electron chi connectivity index (χ1n) is 7.94. The van der Waals surface area contributed by atoms with E-state index in [1.165, 1.54) is 30.8 Å². The van der Waals surface area contributed by atoms with E-state index in [4.69, 9.17) is 0 Å². The molecule has 2 aromatic carbocycles. The van der Waals surface area contributed by atoms with Crippen molar-refractivity contribution in [2.45, 2.75) is 0 Å². The molecule has 10 heteroatoms. The number of nitrogens with zero attached hydrogens (tertiary/aromatic N) is 3. The molecule has 1 aliphatic heterocycles. The molecule has 0 bridgehead atoms. The number of H-pyrrole nitrogens is 1. The van der Waals surface area contributed by atoms with Gasteiger partial charge in [-0.05, 0) is 12.1 Å². The summed E-state index contributed by atoms with van der Waals surface area (Å²) in [6, 6.07) is 4.05. The molecule has 0 spiro atoms. The Kier molecular flexibility index (Phi) is 3.79. The first-order valence-corrected chi connectivity index (χ1v) is 7.94. The van der Waals surface area contributed by atoms with E-state index >= 15 is 0 Å². The minimum atomic E-state index is -1.13. The second-order valence-electron chi connectivity index (χ2n) is 6.01. The molecule has 0 fully saturated rings. The number of phenols is 4. The number of nitrogens with one attached hydrogen (secondary N) is 1. The highest BCUT2D eigenvalue weighted by Gasteiger charge is 2.42. The van der Waals surface area contributed by atoms with Gasteiger partial charge in [-0.1, -0.05) is 9.69 Å². The Balaban J connectivity index is 1.98. The van der Waals surface area contributed by atoms with Crippen molar-refractivity contribution in [3.8, 4) is 34.1 Å². The van der Waals surface area contributed by atoms with E-state index in [0.29, 0.717) is 0 Å². The van der Waals surface area contributed by atoms with E-state index in [-0.39, 0.29) is 22.6 Å². The average Bonchev–Trinajstić information content (AvgIpc) is 3.33. The molecule has 0 saturated heterocycles. The van der Waals surface area contributed by atoms with E-state index in [0.717, 1.165) is 18.2 Å². The smallest absolute Gasteiger partial charge is 0.268 e. The summed E-state index contributed by atoms with van der Waals surface area (Å²) >= 11 is 0. The van der Waals surface area contributed by atoms with Crippen LogP contribution in [-0.2, 0) is 0 Å². The first kappa shape index (κ1) is 17.5. The lowest BCUT2D eigenvalue weighted by Crippen LogP contribution is -2.32. The van der Waals surface area contributed by atoms with Crippen LogP contribution in [0.1, 0.15) is 0 Å². The highest BCUT2D eigenvalue weighted by Crippen LogP contribution is 2.47. The quantitative estimate of drug-likeness (QED) is 0.349. The summed E-state index contributed by atoms with van der Waals surface area (Å²) in [5.41, 5.74) is -0.159. The molecule has 0 radical (unpaired) electrons. The fourth-order valence-corrected chi connectivity index (χ4v) is 3.04. The zero-order valence-corrected chi connectivity index (χ0v) is 14.0. The van der Waals surface area contributed by atoms with Crippen LogP contribution in [0.5, 0.6) is 23.0 Å². The highest BCUT2D eigenvalue weighted by molar-refractivity contribution is 5.84. The van der Waals surface area contributed by atoms with Gasteiger partial charge in [-0.2, -0.15) is 9.49 Å². The van der Waals surface area contributed by atoms with Gasteiger partial charge in [0.1, 0.15) is 12.0 Å². The maximum Gasteiger partial charge on any atom is 0.268 e. The fraction of sp³-hybridized carbons (Fsp3) is 0. The first-order chi connectivity index (χ1) is 13.3. The number of hydrogen-bond acceptors (Lipinski definition) is 6. The molecular weight excluding hydrogens is 374 g/mol. The molecular formula is C18H13F2N4O4+. The number of phenolic OH excluding ortho intramolecular Hbond substituents is 4. The van der Waals surface area contributed by atoms with Crippen molar-refractivity contribution in [1.82, 2.24) is 14.8 Å². The molecule has 1 atom stereocenters. The molecule has 1 aromatic heterocycles. The Morgan fingerprint density at radius 3 is 2.39 bits per heavy atom. The van der Waals surface area contributed by atoms with Gasteiger partial charge >= 0.3 is 0 Å². The van der Waals surface area contributed by atoms with Crippen LogP contribution >= 0.6 is 0 Å². The molecule has 28 heavy (non-hydrogen) atoms. The minimum Gasteiger partial charge on any atom is -0.504 e. The normalized spacial score (nSPS) is 18.1. The van der Waals surface area contributed by atoms with Gasteiger partial charge in [0.15, 0.2) is 23.0 Å². The zero-order valence-electron chi connectivity index (χ0n) is 14.0. The number of halogens is 2. The predicted molar refractivity (Wildman–Crippen MR) is 96.1 cm³/mol. The van der Waals surface area contributed by atoms with Crippen molar-refractivity contribution in [3.05, 3.63) is 54.4 Å². The zero-order chi connectivity index (χ0) is 20.1. The number of allylic oxidation sites excluding steroid dienone is 1. The number of quaternary nitrogens is 1. The second kappa shape index (κ2) is 6.06. The maximum absolute atomic E-state index is 14.8. The lowest BCUT2D eigenvalue weighted by molar-refractivity contribution is 0.372. The summed E-state index contributed by atoms with van der Waals surface area (Å²) in [4.78, 5) is 0. The molecule has 5 N–H and O–H groups in total. The number of aromatic nitrogens is 2. The van der Waals surface area contributed by atoms with Crippen LogP contribution in [0, 0.1) is 11.6 Å². The van der Waals surface area contributed by atoms with E-state index in [1.807, 2.05) is 0 Å². The van der Waals surface area contributed by atoms with Crippen molar-refractivity contribution < 1.29 is 29.2 Å². The van der Waals surface area contributed by atoms with Gasteiger partial charge in [-0.3, -0.25) is 0 Å². The van der Waals surface area contributed by atoms with Crippen molar-refractivity contribution in [2.24, 2.45) is 5.10 Å². The summed E-state index contributed by atoms with van der Waals surface area (Å²) in [6.45, 7) is 0. The molecule has 142 valence electrons. The summed E-state index contributed by atoms with van der Waals surface area (Å²) in [5.74, 6) is -4.67. The summed E-state index contributed by atoms with van der Waals surface area (Å²) in [6.07, 6.45) is 5.59. The third-order valence-corrected chi connectivity index (χ3v) is 4.39. The monoisotopic (exact) mass is 387 g/mol. The Morgan fingerprint density at radius 2 is 1.68 bits per heavy atom. The summed E-state index contributed by atoms with van der Waals surface area (Å²) in [7, 11) is 0. The predicted octanol–water partition coefficient (Wildman–Crippen LogP) is 3.33.